The van der Waals surface area contributed by atoms with E-state index < -0.39 is 17.8 Å². The molecule has 0 atom stereocenters. The van der Waals surface area contributed by atoms with Crippen molar-refractivity contribution >= 4 is 23.5 Å². The van der Waals surface area contributed by atoms with Crippen LogP contribution < -0.4 is 14.7 Å². The zero-order valence-electron chi connectivity index (χ0n) is 11.5. The first kappa shape index (κ1) is 13.8. The number of benzene rings is 2. The molecule has 0 fully saturated rings. The Balaban J connectivity index is 2.12. The summed E-state index contributed by atoms with van der Waals surface area (Å²) < 4.78 is 5.16. The topological polar surface area (TPSA) is 86.7 Å². The lowest BCUT2D eigenvalue weighted by atomic mass is 10.1. The molecule has 1 aliphatic rings. The van der Waals surface area contributed by atoms with Gasteiger partial charge in [-0.05, 0) is 29.8 Å². The fourth-order valence-electron chi connectivity index (χ4n) is 2.40. The van der Waals surface area contributed by atoms with E-state index in [1.54, 1.807) is 24.3 Å². The molecule has 6 heteroatoms. The van der Waals surface area contributed by atoms with Crippen LogP contribution in [0.4, 0.5) is 5.69 Å². The molecule has 0 aromatic heterocycles. The average Bonchev–Trinajstić information content (AvgIpc) is 2.78. The van der Waals surface area contributed by atoms with E-state index in [-0.39, 0.29) is 16.7 Å². The van der Waals surface area contributed by atoms with Gasteiger partial charge in [-0.15, -0.1) is 0 Å². The van der Waals surface area contributed by atoms with E-state index in [1.807, 2.05) is 0 Å². The van der Waals surface area contributed by atoms with Crippen LogP contribution in [0.3, 0.4) is 0 Å². The number of ether oxygens (including phenoxy) is 1. The number of nitrogens with zero attached hydrogens (tertiary/aromatic N) is 1. The van der Waals surface area contributed by atoms with Gasteiger partial charge in [-0.2, -0.15) is 0 Å². The Bertz CT molecular complexity index is 812. The highest BCUT2D eigenvalue weighted by Crippen LogP contribution is 2.34. The summed E-state index contributed by atoms with van der Waals surface area (Å²) in [5.41, 5.74) is 0.353. The Hall–Kier alpha value is -3.15. The lowest BCUT2D eigenvalue weighted by Crippen LogP contribution is -2.29. The lowest BCUT2D eigenvalue weighted by molar-refractivity contribution is -0.255. The summed E-state index contributed by atoms with van der Waals surface area (Å²) in [6.07, 6.45) is 0. The number of carboxylic acids is 1. The van der Waals surface area contributed by atoms with Crippen LogP contribution in [0.1, 0.15) is 31.1 Å². The van der Waals surface area contributed by atoms with Gasteiger partial charge in [-0.25, -0.2) is 4.90 Å². The molecule has 0 spiro atoms. The number of carbonyl (C=O) groups excluding carboxylic acids is 3. The molecule has 0 aliphatic carbocycles. The number of fused-ring (bicyclic) bond motifs is 1. The summed E-state index contributed by atoms with van der Waals surface area (Å²) >= 11 is 0. The van der Waals surface area contributed by atoms with Crippen LogP contribution in [-0.2, 0) is 0 Å². The number of hydrogen-bond donors (Lipinski definition) is 0. The van der Waals surface area contributed by atoms with Crippen molar-refractivity contribution < 1.29 is 24.2 Å². The second kappa shape index (κ2) is 5.00. The van der Waals surface area contributed by atoms with E-state index in [0.717, 1.165) is 11.0 Å². The van der Waals surface area contributed by atoms with Gasteiger partial charge in [0.1, 0.15) is 5.75 Å². The van der Waals surface area contributed by atoms with Crippen LogP contribution in [0.15, 0.2) is 42.5 Å². The molecule has 0 saturated carbocycles. The number of para-hydroxylation sites is 2. The maximum Gasteiger partial charge on any atom is 0.266 e. The molecule has 3 rings (SSSR count). The number of anilines is 1. The van der Waals surface area contributed by atoms with Gasteiger partial charge in [-0.1, -0.05) is 18.2 Å². The number of carboxylic acid groups (broad SMARTS) is 1. The van der Waals surface area contributed by atoms with Gasteiger partial charge in [-0.3, -0.25) is 9.59 Å². The predicted octanol–water partition coefficient (Wildman–Crippen LogP) is 0.859. The van der Waals surface area contributed by atoms with Crippen molar-refractivity contribution in [3.05, 3.63) is 59.2 Å². The van der Waals surface area contributed by atoms with Crippen molar-refractivity contribution in [2.45, 2.75) is 0 Å². The third-order valence-electron chi connectivity index (χ3n) is 3.45. The fraction of sp³-hybridized carbons (Fsp3) is 0.0625. The number of rotatable bonds is 3. The molecule has 0 N–H and O–H groups in total. The van der Waals surface area contributed by atoms with Crippen molar-refractivity contribution in [2.24, 2.45) is 0 Å². The highest BCUT2D eigenvalue weighted by Gasteiger charge is 2.38. The third-order valence-corrected chi connectivity index (χ3v) is 3.45. The van der Waals surface area contributed by atoms with Crippen LogP contribution in [0, 0.1) is 0 Å². The minimum Gasteiger partial charge on any atom is -0.545 e. The molecular formula is C16H10NO5-. The number of methoxy groups -OCH3 is 1. The van der Waals surface area contributed by atoms with Crippen LogP contribution in [-0.4, -0.2) is 24.9 Å². The molecule has 0 unspecified atom stereocenters. The first-order valence-corrected chi connectivity index (χ1v) is 6.42. The molecule has 1 aliphatic heterocycles. The molecule has 2 aromatic rings. The van der Waals surface area contributed by atoms with Gasteiger partial charge in [0.05, 0.1) is 29.9 Å². The monoisotopic (exact) mass is 296 g/mol. The van der Waals surface area contributed by atoms with Crippen molar-refractivity contribution in [2.75, 3.05) is 12.0 Å². The second-order valence-corrected chi connectivity index (χ2v) is 4.67. The molecule has 2 aromatic carbocycles. The number of amides is 2. The van der Waals surface area contributed by atoms with Crippen LogP contribution in [0.25, 0.3) is 0 Å². The van der Waals surface area contributed by atoms with Crippen LogP contribution in [0.2, 0.25) is 0 Å². The first-order valence-electron chi connectivity index (χ1n) is 6.42. The molecule has 0 radical (unpaired) electrons. The molecule has 0 bridgehead atoms. The van der Waals surface area contributed by atoms with Gasteiger partial charge < -0.3 is 14.6 Å². The largest absolute Gasteiger partial charge is 0.545 e. The van der Waals surface area contributed by atoms with E-state index in [4.69, 9.17) is 4.74 Å². The lowest BCUT2D eigenvalue weighted by Gasteiger charge is -2.16. The van der Waals surface area contributed by atoms with Crippen LogP contribution >= 0.6 is 0 Å². The minimum atomic E-state index is -1.40. The highest BCUT2D eigenvalue weighted by molar-refractivity contribution is 6.35. The summed E-state index contributed by atoms with van der Waals surface area (Å²) in [5.74, 6) is -2.14. The van der Waals surface area contributed by atoms with Gasteiger partial charge in [0, 0.05) is 0 Å². The third kappa shape index (κ3) is 1.93. The average molecular weight is 296 g/mol. The first-order chi connectivity index (χ1) is 10.5. The standard InChI is InChI=1S/C16H11NO5/c1-22-13-5-3-2-4-12(13)17-14(18)10-7-6-9(16(20)21)8-11(10)15(17)19/h2-8H,1H3,(H,20,21)/p-1. The number of hydrogen-bond acceptors (Lipinski definition) is 5. The zero-order chi connectivity index (χ0) is 15.9. The van der Waals surface area contributed by atoms with E-state index in [0.29, 0.717) is 11.4 Å². The summed E-state index contributed by atoms with van der Waals surface area (Å²) in [4.78, 5) is 36.8. The summed E-state index contributed by atoms with van der Waals surface area (Å²) in [6.45, 7) is 0. The minimum absolute atomic E-state index is 0.0395. The van der Waals surface area contributed by atoms with Crippen molar-refractivity contribution in [1.29, 1.82) is 0 Å². The SMILES string of the molecule is COc1ccccc1N1C(=O)c2ccc(C(=O)[O-])cc2C1=O. The Morgan fingerprint density at radius 3 is 2.41 bits per heavy atom. The molecule has 110 valence electrons. The van der Waals surface area contributed by atoms with Gasteiger partial charge in [0.15, 0.2) is 0 Å². The van der Waals surface area contributed by atoms with Gasteiger partial charge in [0.25, 0.3) is 11.8 Å². The second-order valence-electron chi connectivity index (χ2n) is 4.67. The molecular weight excluding hydrogens is 286 g/mol. The molecule has 0 saturated heterocycles. The smallest absolute Gasteiger partial charge is 0.266 e. The Morgan fingerprint density at radius 1 is 1.05 bits per heavy atom. The number of imide groups is 1. The Morgan fingerprint density at radius 2 is 1.73 bits per heavy atom. The van der Waals surface area contributed by atoms with E-state index in [1.165, 1.54) is 19.2 Å². The Kier molecular flexibility index (Phi) is 3.14. The normalized spacial score (nSPS) is 13.2. The van der Waals surface area contributed by atoms with E-state index >= 15 is 0 Å². The molecule has 1 heterocycles. The predicted molar refractivity (Wildman–Crippen MR) is 74.9 cm³/mol. The van der Waals surface area contributed by atoms with Gasteiger partial charge >= 0.3 is 0 Å². The highest BCUT2D eigenvalue weighted by atomic mass is 16.5. The maximum absolute atomic E-state index is 12.5. The van der Waals surface area contributed by atoms with Gasteiger partial charge in [0.2, 0.25) is 0 Å². The van der Waals surface area contributed by atoms with Crippen molar-refractivity contribution in [3.63, 3.8) is 0 Å². The van der Waals surface area contributed by atoms with Crippen LogP contribution in [0.5, 0.6) is 5.75 Å². The van der Waals surface area contributed by atoms with E-state index in [9.17, 15) is 19.5 Å². The molecule has 2 amide bonds. The van der Waals surface area contributed by atoms with Crippen molar-refractivity contribution in [1.82, 2.24) is 0 Å². The summed E-state index contributed by atoms with van der Waals surface area (Å²) in [5, 5.41) is 10.9. The van der Waals surface area contributed by atoms with Crippen molar-refractivity contribution in [3.8, 4) is 5.75 Å². The summed E-state index contributed by atoms with van der Waals surface area (Å²) in [6, 6.07) is 10.3. The maximum atomic E-state index is 12.5. The Labute approximate surface area is 125 Å². The molecule has 6 nitrogen and oxygen atoms in total. The molecule has 22 heavy (non-hydrogen) atoms. The van der Waals surface area contributed by atoms with E-state index in [2.05, 4.69) is 0 Å². The fourth-order valence-corrected chi connectivity index (χ4v) is 2.40. The summed E-state index contributed by atoms with van der Waals surface area (Å²) in [7, 11) is 1.44. The quantitative estimate of drug-likeness (QED) is 0.784. The zero-order valence-corrected chi connectivity index (χ0v) is 11.5. The number of aromatic carboxylic acids is 1. The number of carbonyl (C=O) groups is 3.